The van der Waals surface area contributed by atoms with Crippen LogP contribution in [0.2, 0.25) is 0 Å². The minimum absolute atomic E-state index is 0.0855. The second-order valence-electron chi connectivity index (χ2n) is 4.07. The lowest BCUT2D eigenvalue weighted by Gasteiger charge is -2.04. The molecule has 0 unspecified atom stereocenters. The summed E-state index contributed by atoms with van der Waals surface area (Å²) in [6.45, 7) is 0.576. The van der Waals surface area contributed by atoms with Crippen LogP contribution < -0.4 is 9.47 Å². The van der Waals surface area contributed by atoms with E-state index in [4.69, 9.17) is 14.2 Å². The maximum atomic E-state index is 11.3. The quantitative estimate of drug-likeness (QED) is 0.729. The highest BCUT2D eigenvalue weighted by Gasteiger charge is 2.31. The number of carbonyl (C=O) groups excluding carboxylic acids is 1. The minimum atomic E-state index is -0.0855. The monoisotopic (exact) mass is 220 g/mol. The van der Waals surface area contributed by atoms with Crippen LogP contribution in [-0.2, 0) is 16.1 Å². The fourth-order valence-corrected chi connectivity index (χ4v) is 1.62. The fourth-order valence-electron chi connectivity index (χ4n) is 1.62. The molecule has 0 bridgehead atoms. The first-order valence-electron chi connectivity index (χ1n) is 5.38. The van der Waals surface area contributed by atoms with E-state index in [1.54, 1.807) is 0 Å². The predicted molar refractivity (Wildman–Crippen MR) is 55.1 cm³/mol. The Labute approximate surface area is 93.1 Å². The van der Waals surface area contributed by atoms with Crippen LogP contribution in [0.15, 0.2) is 18.2 Å². The molecule has 4 nitrogen and oxygen atoms in total. The average molecular weight is 220 g/mol. The zero-order valence-electron chi connectivity index (χ0n) is 8.77. The van der Waals surface area contributed by atoms with Crippen LogP contribution in [0.25, 0.3) is 0 Å². The van der Waals surface area contributed by atoms with E-state index in [0.717, 1.165) is 29.9 Å². The predicted octanol–water partition coefficient (Wildman–Crippen LogP) is 1.87. The number of ether oxygens (including phenoxy) is 3. The van der Waals surface area contributed by atoms with E-state index < -0.39 is 0 Å². The lowest BCUT2D eigenvalue weighted by atomic mass is 10.2. The second-order valence-corrected chi connectivity index (χ2v) is 4.07. The third kappa shape index (κ3) is 1.83. The van der Waals surface area contributed by atoms with Crippen molar-refractivity contribution in [3.63, 3.8) is 0 Å². The summed E-state index contributed by atoms with van der Waals surface area (Å²) in [5.74, 6) is 1.53. The molecule has 0 spiro atoms. The molecule has 4 heteroatoms. The highest BCUT2D eigenvalue weighted by Crippen LogP contribution is 2.33. The molecule has 3 rings (SSSR count). The molecule has 16 heavy (non-hydrogen) atoms. The molecule has 1 aromatic rings. The average Bonchev–Trinajstić information content (AvgIpc) is 3.04. The topological polar surface area (TPSA) is 44.8 Å². The smallest absolute Gasteiger partial charge is 0.309 e. The molecule has 1 aliphatic heterocycles. The van der Waals surface area contributed by atoms with Crippen LogP contribution in [0.4, 0.5) is 0 Å². The van der Waals surface area contributed by atoms with Crippen molar-refractivity contribution in [3.8, 4) is 11.5 Å². The number of rotatable bonds is 3. The van der Waals surface area contributed by atoms with Gasteiger partial charge in [0.25, 0.3) is 0 Å². The molecule has 1 heterocycles. The van der Waals surface area contributed by atoms with Crippen LogP contribution in [0.1, 0.15) is 18.4 Å². The molecular formula is C12H12O4. The van der Waals surface area contributed by atoms with Gasteiger partial charge in [-0.2, -0.15) is 0 Å². The number of hydrogen-bond acceptors (Lipinski definition) is 4. The van der Waals surface area contributed by atoms with Gasteiger partial charge in [0.15, 0.2) is 11.5 Å². The Morgan fingerprint density at radius 1 is 1.31 bits per heavy atom. The van der Waals surface area contributed by atoms with E-state index in [-0.39, 0.29) is 18.7 Å². The molecule has 1 aromatic carbocycles. The number of esters is 1. The third-order valence-corrected chi connectivity index (χ3v) is 2.73. The van der Waals surface area contributed by atoms with E-state index in [9.17, 15) is 4.79 Å². The zero-order chi connectivity index (χ0) is 11.0. The SMILES string of the molecule is O=C(OCc1ccc2c(c1)OCO2)C1CC1. The summed E-state index contributed by atoms with van der Waals surface area (Å²) in [4.78, 5) is 11.3. The summed E-state index contributed by atoms with van der Waals surface area (Å²) in [6.07, 6.45) is 1.94. The lowest BCUT2D eigenvalue weighted by molar-refractivity contribution is -0.146. The molecule has 1 fully saturated rings. The van der Waals surface area contributed by atoms with Crippen LogP contribution in [-0.4, -0.2) is 12.8 Å². The van der Waals surface area contributed by atoms with Gasteiger partial charge in [-0.25, -0.2) is 0 Å². The van der Waals surface area contributed by atoms with E-state index in [1.165, 1.54) is 0 Å². The van der Waals surface area contributed by atoms with Gasteiger partial charge in [-0.3, -0.25) is 4.79 Å². The lowest BCUT2D eigenvalue weighted by Crippen LogP contribution is -2.06. The first kappa shape index (κ1) is 9.51. The Morgan fingerprint density at radius 2 is 2.12 bits per heavy atom. The first-order valence-corrected chi connectivity index (χ1v) is 5.38. The standard InChI is InChI=1S/C12H12O4/c13-12(9-2-3-9)14-6-8-1-4-10-11(5-8)16-7-15-10/h1,4-5,9H,2-3,6-7H2. The van der Waals surface area contributed by atoms with Gasteiger partial charge >= 0.3 is 5.97 Å². The van der Waals surface area contributed by atoms with Gasteiger partial charge in [-0.05, 0) is 30.5 Å². The summed E-state index contributed by atoms with van der Waals surface area (Å²) < 4.78 is 15.6. The summed E-state index contributed by atoms with van der Waals surface area (Å²) in [7, 11) is 0. The van der Waals surface area contributed by atoms with E-state index in [1.807, 2.05) is 18.2 Å². The molecule has 0 amide bonds. The molecule has 1 saturated carbocycles. The Balaban J connectivity index is 1.63. The molecule has 0 aromatic heterocycles. The van der Waals surface area contributed by atoms with Gasteiger partial charge in [0.1, 0.15) is 6.61 Å². The van der Waals surface area contributed by atoms with Crippen LogP contribution in [0.3, 0.4) is 0 Å². The normalized spacial score (nSPS) is 17.2. The molecule has 84 valence electrons. The molecule has 2 aliphatic rings. The molecule has 1 aliphatic carbocycles. The first-order chi connectivity index (χ1) is 7.83. The van der Waals surface area contributed by atoms with Crippen molar-refractivity contribution >= 4 is 5.97 Å². The largest absolute Gasteiger partial charge is 0.461 e. The Hall–Kier alpha value is -1.71. The van der Waals surface area contributed by atoms with Gasteiger partial charge in [0.2, 0.25) is 6.79 Å². The van der Waals surface area contributed by atoms with Crippen molar-refractivity contribution < 1.29 is 19.0 Å². The van der Waals surface area contributed by atoms with Crippen molar-refractivity contribution in [1.82, 2.24) is 0 Å². The van der Waals surface area contributed by atoms with Gasteiger partial charge < -0.3 is 14.2 Å². The van der Waals surface area contributed by atoms with Crippen molar-refractivity contribution in [3.05, 3.63) is 23.8 Å². The van der Waals surface area contributed by atoms with Crippen LogP contribution >= 0.6 is 0 Å². The Morgan fingerprint density at radius 3 is 2.94 bits per heavy atom. The summed E-state index contributed by atoms with van der Waals surface area (Å²) in [6, 6.07) is 5.57. The van der Waals surface area contributed by atoms with Crippen molar-refractivity contribution in [2.45, 2.75) is 19.4 Å². The molecular weight excluding hydrogens is 208 g/mol. The molecule has 0 saturated heterocycles. The summed E-state index contributed by atoms with van der Waals surface area (Å²) >= 11 is 0. The van der Waals surface area contributed by atoms with Crippen LogP contribution in [0.5, 0.6) is 11.5 Å². The van der Waals surface area contributed by atoms with Gasteiger partial charge in [0, 0.05) is 0 Å². The van der Waals surface area contributed by atoms with Gasteiger partial charge in [-0.15, -0.1) is 0 Å². The van der Waals surface area contributed by atoms with Crippen molar-refractivity contribution in [1.29, 1.82) is 0 Å². The fraction of sp³-hybridized carbons (Fsp3) is 0.417. The maximum absolute atomic E-state index is 11.3. The Bertz CT molecular complexity index is 423. The molecule has 0 N–H and O–H groups in total. The van der Waals surface area contributed by atoms with Crippen molar-refractivity contribution in [2.75, 3.05) is 6.79 Å². The van der Waals surface area contributed by atoms with Gasteiger partial charge in [-0.1, -0.05) is 6.07 Å². The van der Waals surface area contributed by atoms with Crippen LogP contribution in [0, 0.1) is 5.92 Å². The number of fused-ring (bicyclic) bond motifs is 1. The van der Waals surface area contributed by atoms with E-state index in [2.05, 4.69) is 0 Å². The van der Waals surface area contributed by atoms with Gasteiger partial charge in [0.05, 0.1) is 5.92 Å². The number of benzene rings is 1. The molecule has 0 atom stereocenters. The zero-order valence-corrected chi connectivity index (χ0v) is 8.77. The maximum Gasteiger partial charge on any atom is 0.309 e. The van der Waals surface area contributed by atoms with E-state index >= 15 is 0 Å². The second kappa shape index (κ2) is 3.70. The summed E-state index contributed by atoms with van der Waals surface area (Å²) in [5.41, 5.74) is 0.929. The van der Waals surface area contributed by atoms with E-state index in [0.29, 0.717) is 6.61 Å². The van der Waals surface area contributed by atoms with Crippen molar-refractivity contribution in [2.24, 2.45) is 5.92 Å². The Kier molecular flexibility index (Phi) is 2.20. The third-order valence-electron chi connectivity index (χ3n) is 2.73. The highest BCUT2D eigenvalue weighted by molar-refractivity contribution is 5.74. The summed E-state index contributed by atoms with van der Waals surface area (Å²) in [5, 5.41) is 0. The number of carbonyl (C=O) groups is 1. The highest BCUT2D eigenvalue weighted by atomic mass is 16.7. The number of hydrogen-bond donors (Lipinski definition) is 0. The molecule has 0 radical (unpaired) electrons. The minimum Gasteiger partial charge on any atom is -0.461 e.